The number of halogens is 4. The fourth-order valence-electron chi connectivity index (χ4n) is 0.964. The molecule has 17 heavy (non-hydrogen) atoms. The van der Waals surface area contributed by atoms with E-state index in [-0.39, 0.29) is 0 Å². The van der Waals surface area contributed by atoms with E-state index in [9.17, 15) is 27.2 Å². The van der Waals surface area contributed by atoms with Gasteiger partial charge in [-0.3, -0.25) is 9.59 Å². The van der Waals surface area contributed by atoms with Gasteiger partial charge < -0.3 is 10.3 Å². The third kappa shape index (κ3) is 3.30. The summed E-state index contributed by atoms with van der Waals surface area (Å²) < 4.78 is 48.5. The highest BCUT2D eigenvalue weighted by atomic mass is 19.3. The molecule has 0 bridgehead atoms. The van der Waals surface area contributed by atoms with E-state index >= 15 is 0 Å². The summed E-state index contributed by atoms with van der Waals surface area (Å²) in [6.45, 7) is -1.53. The predicted octanol–water partition coefficient (Wildman–Crippen LogP) is 1.01. The van der Waals surface area contributed by atoms with Crippen LogP contribution in [0.5, 0.6) is 0 Å². The lowest BCUT2D eigenvalue weighted by Gasteiger charge is -2.15. The first kappa shape index (κ1) is 13.2. The molecular weight excluding hydrogens is 244 g/mol. The van der Waals surface area contributed by atoms with Gasteiger partial charge in [0.1, 0.15) is 5.56 Å². The number of amides is 1. The first-order valence-corrected chi connectivity index (χ1v) is 4.46. The standard InChI is InChI=1S/C9H8F4N2O2/c10-8(11)9(12,13)4-15-7(17)5-3-14-2-1-6(5)16/h1-3,8H,4H2,(H,14,16)(H,15,17). The summed E-state index contributed by atoms with van der Waals surface area (Å²) in [4.78, 5) is 24.7. The van der Waals surface area contributed by atoms with Gasteiger partial charge in [-0.2, -0.15) is 8.78 Å². The second kappa shape index (κ2) is 4.98. The van der Waals surface area contributed by atoms with Crippen LogP contribution < -0.4 is 10.7 Å². The third-order valence-electron chi connectivity index (χ3n) is 1.87. The minimum atomic E-state index is -4.32. The van der Waals surface area contributed by atoms with Crippen molar-refractivity contribution < 1.29 is 22.4 Å². The number of aromatic nitrogens is 1. The lowest BCUT2D eigenvalue weighted by Crippen LogP contribution is -2.42. The van der Waals surface area contributed by atoms with Crippen LogP contribution in [0.3, 0.4) is 0 Å². The molecule has 0 unspecified atom stereocenters. The lowest BCUT2D eigenvalue weighted by molar-refractivity contribution is -0.123. The molecule has 0 fully saturated rings. The van der Waals surface area contributed by atoms with E-state index in [1.807, 2.05) is 0 Å². The summed E-state index contributed by atoms with van der Waals surface area (Å²) in [5.74, 6) is -5.45. The van der Waals surface area contributed by atoms with Gasteiger partial charge in [-0.25, -0.2) is 8.78 Å². The second-order valence-corrected chi connectivity index (χ2v) is 3.17. The quantitative estimate of drug-likeness (QED) is 0.785. The van der Waals surface area contributed by atoms with E-state index in [4.69, 9.17) is 0 Å². The fraction of sp³-hybridized carbons (Fsp3) is 0.333. The number of aromatic amines is 1. The van der Waals surface area contributed by atoms with E-state index in [0.717, 1.165) is 12.3 Å². The van der Waals surface area contributed by atoms with E-state index in [1.165, 1.54) is 6.20 Å². The molecule has 94 valence electrons. The topological polar surface area (TPSA) is 62.0 Å². The highest BCUT2D eigenvalue weighted by molar-refractivity contribution is 5.93. The fourth-order valence-corrected chi connectivity index (χ4v) is 0.964. The van der Waals surface area contributed by atoms with Gasteiger partial charge in [-0.05, 0) is 0 Å². The molecule has 1 aromatic heterocycles. The molecule has 0 saturated heterocycles. The van der Waals surface area contributed by atoms with Crippen LogP contribution >= 0.6 is 0 Å². The molecule has 0 radical (unpaired) electrons. The molecule has 1 aromatic rings. The van der Waals surface area contributed by atoms with Crippen LogP contribution in [0.1, 0.15) is 10.4 Å². The molecule has 0 aliphatic carbocycles. The van der Waals surface area contributed by atoms with Crippen LogP contribution in [0.4, 0.5) is 17.6 Å². The van der Waals surface area contributed by atoms with Crippen LogP contribution in [0.2, 0.25) is 0 Å². The maximum Gasteiger partial charge on any atom is 0.324 e. The van der Waals surface area contributed by atoms with E-state index < -0.39 is 35.8 Å². The van der Waals surface area contributed by atoms with Crippen LogP contribution in [0.25, 0.3) is 0 Å². The average molecular weight is 252 g/mol. The number of nitrogens with one attached hydrogen (secondary N) is 2. The third-order valence-corrected chi connectivity index (χ3v) is 1.87. The molecule has 0 spiro atoms. The Morgan fingerprint density at radius 1 is 1.47 bits per heavy atom. The van der Waals surface area contributed by atoms with E-state index in [2.05, 4.69) is 4.98 Å². The average Bonchev–Trinajstić information content (AvgIpc) is 2.26. The Kier molecular flexibility index (Phi) is 3.87. The summed E-state index contributed by atoms with van der Waals surface area (Å²) >= 11 is 0. The number of carbonyl (C=O) groups excluding carboxylic acids is 1. The smallest absolute Gasteiger partial charge is 0.324 e. The largest absolute Gasteiger partial charge is 0.367 e. The number of hydrogen-bond acceptors (Lipinski definition) is 2. The zero-order valence-corrected chi connectivity index (χ0v) is 8.34. The van der Waals surface area contributed by atoms with Crippen molar-refractivity contribution in [3.8, 4) is 0 Å². The van der Waals surface area contributed by atoms with Crippen molar-refractivity contribution in [2.75, 3.05) is 6.54 Å². The van der Waals surface area contributed by atoms with Crippen LogP contribution in [0, 0.1) is 0 Å². The molecule has 0 aromatic carbocycles. The summed E-state index contributed by atoms with van der Waals surface area (Å²) in [6, 6.07) is 1.01. The SMILES string of the molecule is O=C(NCC(F)(F)C(F)F)c1c[nH]ccc1=O. The molecular formula is C9H8F4N2O2. The molecule has 8 heteroatoms. The number of carbonyl (C=O) groups is 1. The van der Waals surface area contributed by atoms with Gasteiger partial charge in [0.05, 0.1) is 6.54 Å². The Morgan fingerprint density at radius 2 is 2.12 bits per heavy atom. The van der Waals surface area contributed by atoms with E-state index in [0.29, 0.717) is 0 Å². The number of alkyl halides is 4. The molecule has 0 saturated carbocycles. The minimum absolute atomic E-state index is 0.419. The number of pyridine rings is 1. The molecule has 0 atom stereocenters. The van der Waals surface area contributed by atoms with Gasteiger partial charge in [-0.1, -0.05) is 0 Å². The van der Waals surface area contributed by atoms with Crippen molar-refractivity contribution in [1.82, 2.24) is 10.3 Å². The molecule has 4 nitrogen and oxygen atoms in total. The Bertz CT molecular complexity index is 458. The van der Waals surface area contributed by atoms with Gasteiger partial charge in [0.2, 0.25) is 0 Å². The normalized spacial score (nSPS) is 11.6. The van der Waals surface area contributed by atoms with Gasteiger partial charge in [0, 0.05) is 18.5 Å². The Labute approximate surface area is 92.6 Å². The first-order valence-electron chi connectivity index (χ1n) is 4.46. The summed E-state index contributed by atoms with van der Waals surface area (Å²) in [6.07, 6.45) is -1.64. The number of rotatable bonds is 4. The van der Waals surface area contributed by atoms with Gasteiger partial charge in [-0.15, -0.1) is 0 Å². The molecule has 1 heterocycles. The van der Waals surface area contributed by atoms with Crippen LogP contribution in [-0.4, -0.2) is 29.8 Å². The highest BCUT2D eigenvalue weighted by Crippen LogP contribution is 2.21. The Balaban J connectivity index is 2.69. The Morgan fingerprint density at radius 3 is 2.65 bits per heavy atom. The van der Waals surface area contributed by atoms with Crippen molar-refractivity contribution in [2.24, 2.45) is 0 Å². The van der Waals surface area contributed by atoms with Gasteiger partial charge in [0.25, 0.3) is 5.91 Å². The monoisotopic (exact) mass is 252 g/mol. The summed E-state index contributed by atoms with van der Waals surface area (Å²) in [5, 5.41) is 1.57. The number of H-pyrrole nitrogens is 1. The van der Waals surface area contributed by atoms with Crippen molar-refractivity contribution >= 4 is 5.91 Å². The van der Waals surface area contributed by atoms with Crippen molar-refractivity contribution in [3.63, 3.8) is 0 Å². The van der Waals surface area contributed by atoms with Crippen molar-refractivity contribution in [1.29, 1.82) is 0 Å². The molecule has 0 aliphatic heterocycles. The second-order valence-electron chi connectivity index (χ2n) is 3.17. The zero-order chi connectivity index (χ0) is 13.1. The van der Waals surface area contributed by atoms with Gasteiger partial charge >= 0.3 is 12.3 Å². The molecule has 1 rings (SSSR count). The zero-order valence-electron chi connectivity index (χ0n) is 8.34. The number of hydrogen-bond donors (Lipinski definition) is 2. The van der Waals surface area contributed by atoms with Crippen molar-refractivity contribution in [3.05, 3.63) is 34.2 Å². The maximum atomic E-state index is 12.5. The molecule has 2 N–H and O–H groups in total. The van der Waals surface area contributed by atoms with Crippen LogP contribution in [0.15, 0.2) is 23.3 Å². The molecule has 0 aliphatic rings. The first-order chi connectivity index (χ1) is 7.84. The predicted molar refractivity (Wildman–Crippen MR) is 50.3 cm³/mol. The van der Waals surface area contributed by atoms with Crippen molar-refractivity contribution in [2.45, 2.75) is 12.3 Å². The van der Waals surface area contributed by atoms with E-state index in [1.54, 1.807) is 5.32 Å². The lowest BCUT2D eigenvalue weighted by atomic mass is 10.2. The van der Waals surface area contributed by atoms with Crippen LogP contribution in [-0.2, 0) is 0 Å². The maximum absolute atomic E-state index is 12.5. The molecule has 1 amide bonds. The summed E-state index contributed by atoms with van der Waals surface area (Å²) in [5.41, 5.74) is -1.11. The highest BCUT2D eigenvalue weighted by Gasteiger charge is 2.40. The summed E-state index contributed by atoms with van der Waals surface area (Å²) in [7, 11) is 0. The van der Waals surface area contributed by atoms with Gasteiger partial charge in [0.15, 0.2) is 5.43 Å². The minimum Gasteiger partial charge on any atom is -0.367 e. The Hall–Kier alpha value is -1.86.